The average Bonchev–Trinajstić information content (AvgIpc) is 2.18. The van der Waals surface area contributed by atoms with Gasteiger partial charge >= 0.3 is 0 Å². The van der Waals surface area contributed by atoms with Crippen LogP contribution in [-0.2, 0) is 4.74 Å². The molecule has 2 aliphatic rings. The van der Waals surface area contributed by atoms with Crippen LogP contribution >= 0.6 is 0 Å². The smallest absolute Gasteiger partial charge is 0.102 e. The summed E-state index contributed by atoms with van der Waals surface area (Å²) in [7, 11) is 0. The van der Waals surface area contributed by atoms with Gasteiger partial charge in [0, 0.05) is 0 Å². The molecule has 2 rings (SSSR count). The molecule has 0 aliphatic heterocycles. The summed E-state index contributed by atoms with van der Waals surface area (Å²) in [5.41, 5.74) is 2.71. The van der Waals surface area contributed by atoms with E-state index in [1.807, 2.05) is 0 Å². The predicted molar refractivity (Wildman–Crippen MR) is 59.1 cm³/mol. The van der Waals surface area contributed by atoms with Crippen molar-refractivity contribution < 1.29 is 4.74 Å². The fourth-order valence-electron chi connectivity index (χ4n) is 1.82. The Balaban J connectivity index is 2.20. The molecule has 1 atom stereocenters. The van der Waals surface area contributed by atoms with Crippen LogP contribution in [0.1, 0.15) is 20.3 Å². The van der Waals surface area contributed by atoms with Crippen LogP contribution < -0.4 is 0 Å². The molecule has 0 heterocycles. The fraction of sp³-hybridized carbons (Fsp3) is 0.385. The lowest BCUT2D eigenvalue weighted by Gasteiger charge is -2.25. The van der Waals surface area contributed by atoms with Crippen LogP contribution in [0.3, 0.4) is 0 Å². The number of hydrogen-bond donors (Lipinski definition) is 0. The second-order valence-electron chi connectivity index (χ2n) is 3.94. The van der Waals surface area contributed by atoms with E-state index in [1.165, 1.54) is 11.1 Å². The van der Waals surface area contributed by atoms with Gasteiger partial charge in [0.05, 0.1) is 6.10 Å². The summed E-state index contributed by atoms with van der Waals surface area (Å²) in [4.78, 5) is 0. The highest BCUT2D eigenvalue weighted by Gasteiger charge is 2.19. The van der Waals surface area contributed by atoms with Crippen molar-refractivity contribution >= 4 is 0 Å². The number of fused-ring (bicyclic) bond motifs is 1. The molecule has 0 fully saturated rings. The monoisotopic (exact) mass is 188 g/mol. The van der Waals surface area contributed by atoms with Gasteiger partial charge in [-0.25, -0.2) is 0 Å². The van der Waals surface area contributed by atoms with E-state index in [0.717, 1.165) is 6.42 Å². The van der Waals surface area contributed by atoms with Crippen molar-refractivity contribution in [3.8, 4) is 0 Å². The van der Waals surface area contributed by atoms with Crippen molar-refractivity contribution in [1.82, 2.24) is 0 Å². The molecule has 1 nitrogen and oxygen atoms in total. The van der Waals surface area contributed by atoms with Crippen LogP contribution in [0.2, 0.25) is 0 Å². The molecular formula is C13H16O. The van der Waals surface area contributed by atoms with Crippen molar-refractivity contribution in [1.29, 1.82) is 0 Å². The molecule has 0 aromatic carbocycles. The Bertz CT molecular complexity index is 329. The van der Waals surface area contributed by atoms with Gasteiger partial charge in [-0.2, -0.15) is 0 Å². The normalized spacial score (nSPS) is 24.6. The van der Waals surface area contributed by atoms with E-state index in [1.54, 1.807) is 0 Å². The van der Waals surface area contributed by atoms with Gasteiger partial charge in [-0.15, -0.1) is 0 Å². The molecule has 0 spiro atoms. The fourth-order valence-corrected chi connectivity index (χ4v) is 1.82. The summed E-state index contributed by atoms with van der Waals surface area (Å²) in [6.45, 7) is 4.15. The van der Waals surface area contributed by atoms with Crippen LogP contribution in [0.25, 0.3) is 0 Å². The predicted octanol–water partition coefficient (Wildman–Crippen LogP) is 3.16. The molecule has 74 valence electrons. The molecule has 2 aliphatic carbocycles. The number of ether oxygens (including phenoxy) is 1. The maximum absolute atomic E-state index is 5.83. The number of rotatable bonds is 2. The largest absolute Gasteiger partial charge is 0.367 e. The first-order valence-corrected chi connectivity index (χ1v) is 5.17. The van der Waals surface area contributed by atoms with Gasteiger partial charge in [-0.3, -0.25) is 0 Å². The van der Waals surface area contributed by atoms with Gasteiger partial charge in [0.25, 0.3) is 0 Å². The summed E-state index contributed by atoms with van der Waals surface area (Å²) in [6, 6.07) is 0. The Morgan fingerprint density at radius 1 is 1.29 bits per heavy atom. The minimum atomic E-state index is 0.153. The highest BCUT2D eigenvalue weighted by molar-refractivity contribution is 5.48. The zero-order valence-electron chi connectivity index (χ0n) is 8.73. The molecule has 14 heavy (non-hydrogen) atoms. The molecule has 0 saturated heterocycles. The first-order chi connectivity index (χ1) is 6.77. The lowest BCUT2D eigenvalue weighted by molar-refractivity contribution is 0.0556. The van der Waals surface area contributed by atoms with Crippen molar-refractivity contribution in [2.24, 2.45) is 0 Å². The third-order valence-electron chi connectivity index (χ3n) is 2.43. The number of allylic oxidation sites excluding steroid dienone is 5. The maximum Gasteiger partial charge on any atom is 0.102 e. The van der Waals surface area contributed by atoms with E-state index in [9.17, 15) is 0 Å². The second kappa shape index (κ2) is 3.97. The Hall–Kier alpha value is -1.08. The van der Waals surface area contributed by atoms with E-state index < -0.39 is 0 Å². The SMILES string of the molecule is CC(C)OC1C=CC=C2CC=CC=C21. The Labute approximate surface area is 85.5 Å². The van der Waals surface area contributed by atoms with Crippen molar-refractivity contribution in [3.63, 3.8) is 0 Å². The summed E-state index contributed by atoms with van der Waals surface area (Å²) in [6.07, 6.45) is 14.3. The summed E-state index contributed by atoms with van der Waals surface area (Å²) >= 11 is 0. The van der Waals surface area contributed by atoms with E-state index in [0.29, 0.717) is 0 Å². The first-order valence-electron chi connectivity index (χ1n) is 5.17. The molecule has 1 heteroatoms. The van der Waals surface area contributed by atoms with E-state index >= 15 is 0 Å². The lowest BCUT2D eigenvalue weighted by Crippen LogP contribution is -2.21. The molecule has 0 aromatic heterocycles. The third-order valence-corrected chi connectivity index (χ3v) is 2.43. The molecule has 0 amide bonds. The average molecular weight is 188 g/mol. The van der Waals surface area contributed by atoms with Crippen LogP contribution in [0.4, 0.5) is 0 Å². The number of hydrogen-bond acceptors (Lipinski definition) is 1. The quantitative estimate of drug-likeness (QED) is 0.646. The Kier molecular flexibility index (Phi) is 2.69. The second-order valence-corrected chi connectivity index (χ2v) is 3.94. The minimum absolute atomic E-state index is 0.153. The summed E-state index contributed by atoms with van der Waals surface area (Å²) in [5.74, 6) is 0. The van der Waals surface area contributed by atoms with Crippen LogP contribution in [0, 0.1) is 0 Å². The lowest BCUT2D eigenvalue weighted by atomic mass is 9.90. The zero-order chi connectivity index (χ0) is 9.97. The topological polar surface area (TPSA) is 9.23 Å². The Morgan fingerprint density at radius 3 is 2.93 bits per heavy atom. The maximum atomic E-state index is 5.83. The molecule has 0 N–H and O–H groups in total. The standard InChI is InChI=1S/C13H16O/c1-10(2)14-13-9-5-7-11-6-3-4-8-12(11)13/h3-5,7-10,13H,6H2,1-2H3. The zero-order valence-corrected chi connectivity index (χ0v) is 8.73. The molecule has 0 aromatic rings. The van der Waals surface area contributed by atoms with Crippen LogP contribution in [-0.4, -0.2) is 12.2 Å². The summed E-state index contributed by atoms with van der Waals surface area (Å²) in [5, 5.41) is 0. The van der Waals surface area contributed by atoms with Gasteiger partial charge < -0.3 is 4.74 Å². The van der Waals surface area contributed by atoms with E-state index in [-0.39, 0.29) is 12.2 Å². The van der Waals surface area contributed by atoms with Gasteiger partial charge in [-0.05, 0) is 31.4 Å². The molecule has 0 bridgehead atoms. The highest BCUT2D eigenvalue weighted by atomic mass is 16.5. The molecule has 0 radical (unpaired) electrons. The van der Waals surface area contributed by atoms with Gasteiger partial charge in [-0.1, -0.05) is 36.5 Å². The first kappa shape index (κ1) is 9.47. The van der Waals surface area contributed by atoms with Gasteiger partial charge in [0.1, 0.15) is 6.10 Å². The van der Waals surface area contributed by atoms with Crippen molar-refractivity contribution in [2.45, 2.75) is 32.5 Å². The highest BCUT2D eigenvalue weighted by Crippen LogP contribution is 2.28. The van der Waals surface area contributed by atoms with Crippen LogP contribution in [0.5, 0.6) is 0 Å². The molecule has 0 saturated carbocycles. The Morgan fingerprint density at radius 2 is 2.14 bits per heavy atom. The third kappa shape index (κ3) is 1.88. The van der Waals surface area contributed by atoms with Crippen molar-refractivity contribution in [2.75, 3.05) is 0 Å². The summed E-state index contributed by atoms with van der Waals surface area (Å²) < 4.78 is 5.83. The minimum Gasteiger partial charge on any atom is -0.367 e. The van der Waals surface area contributed by atoms with E-state index in [2.05, 4.69) is 50.3 Å². The van der Waals surface area contributed by atoms with Gasteiger partial charge in [0.15, 0.2) is 0 Å². The van der Waals surface area contributed by atoms with E-state index in [4.69, 9.17) is 4.74 Å². The molecular weight excluding hydrogens is 172 g/mol. The molecule has 1 unspecified atom stereocenters. The van der Waals surface area contributed by atoms with Crippen LogP contribution in [0.15, 0.2) is 47.6 Å². The van der Waals surface area contributed by atoms with Crippen molar-refractivity contribution in [3.05, 3.63) is 47.6 Å². The van der Waals surface area contributed by atoms with Gasteiger partial charge in [0.2, 0.25) is 0 Å².